The van der Waals surface area contributed by atoms with Crippen molar-refractivity contribution in [1.82, 2.24) is 19.4 Å². The van der Waals surface area contributed by atoms with E-state index in [1.54, 1.807) is 0 Å². The Hall–Kier alpha value is -0.720. The zero-order chi connectivity index (χ0) is 12.3. The predicted molar refractivity (Wildman–Crippen MR) is 71.4 cm³/mol. The van der Waals surface area contributed by atoms with E-state index in [0.29, 0.717) is 6.04 Å². The Kier molecular flexibility index (Phi) is 4.31. The van der Waals surface area contributed by atoms with Gasteiger partial charge in [-0.2, -0.15) is 0 Å². The zero-order valence-corrected chi connectivity index (χ0v) is 11.6. The molecule has 0 saturated carbocycles. The van der Waals surface area contributed by atoms with Crippen LogP contribution in [0.15, 0.2) is 0 Å². The SMILES string of the molecule is CNc1snnc1CN(C)C1CCN(C)CC1. The molecule has 0 amide bonds. The second-order valence-electron chi connectivity index (χ2n) is 4.75. The van der Waals surface area contributed by atoms with Gasteiger partial charge in [-0.3, -0.25) is 4.90 Å². The summed E-state index contributed by atoms with van der Waals surface area (Å²) in [6.45, 7) is 3.29. The summed E-state index contributed by atoms with van der Waals surface area (Å²) in [5, 5.41) is 8.43. The third-order valence-corrected chi connectivity index (χ3v) is 4.28. The lowest BCUT2D eigenvalue weighted by atomic mass is 10.0. The summed E-state index contributed by atoms with van der Waals surface area (Å²) >= 11 is 1.43. The third kappa shape index (κ3) is 3.14. The van der Waals surface area contributed by atoms with Crippen LogP contribution in [0.5, 0.6) is 0 Å². The van der Waals surface area contributed by atoms with Crippen molar-refractivity contribution in [1.29, 1.82) is 0 Å². The highest BCUT2D eigenvalue weighted by atomic mass is 32.1. The van der Waals surface area contributed by atoms with Crippen LogP contribution in [0.4, 0.5) is 5.00 Å². The summed E-state index contributed by atoms with van der Waals surface area (Å²) in [5.74, 6) is 0. The Labute approximate surface area is 107 Å². The van der Waals surface area contributed by atoms with Crippen molar-refractivity contribution in [2.75, 3.05) is 39.5 Å². The fraction of sp³-hybridized carbons (Fsp3) is 0.818. The van der Waals surface area contributed by atoms with E-state index in [9.17, 15) is 0 Å². The van der Waals surface area contributed by atoms with Gasteiger partial charge in [-0.15, -0.1) is 5.10 Å². The fourth-order valence-corrected chi connectivity index (χ4v) is 2.83. The number of piperidine rings is 1. The van der Waals surface area contributed by atoms with Gasteiger partial charge >= 0.3 is 0 Å². The Balaban J connectivity index is 1.90. The molecule has 0 aliphatic carbocycles. The molecule has 1 saturated heterocycles. The lowest BCUT2D eigenvalue weighted by Crippen LogP contribution is -2.41. The number of nitrogens with zero attached hydrogens (tertiary/aromatic N) is 4. The van der Waals surface area contributed by atoms with Crippen LogP contribution in [0.3, 0.4) is 0 Å². The number of nitrogens with one attached hydrogen (secondary N) is 1. The summed E-state index contributed by atoms with van der Waals surface area (Å²) in [6, 6.07) is 0.678. The quantitative estimate of drug-likeness (QED) is 0.873. The van der Waals surface area contributed by atoms with Crippen LogP contribution in [0, 0.1) is 0 Å². The molecule has 0 unspecified atom stereocenters. The minimum absolute atomic E-state index is 0.678. The second-order valence-corrected chi connectivity index (χ2v) is 5.50. The van der Waals surface area contributed by atoms with E-state index in [4.69, 9.17) is 0 Å². The van der Waals surface area contributed by atoms with Gasteiger partial charge in [-0.25, -0.2) is 0 Å². The summed E-state index contributed by atoms with van der Waals surface area (Å²) < 4.78 is 4.00. The van der Waals surface area contributed by atoms with Crippen LogP contribution >= 0.6 is 11.5 Å². The molecule has 1 aromatic heterocycles. The molecule has 1 N–H and O–H groups in total. The first kappa shape index (κ1) is 12.7. The van der Waals surface area contributed by atoms with Crippen LogP contribution in [0.1, 0.15) is 18.5 Å². The van der Waals surface area contributed by atoms with Gasteiger partial charge < -0.3 is 10.2 Å². The lowest BCUT2D eigenvalue weighted by Gasteiger charge is -2.34. The standard InChI is InChI=1S/C11H21N5S/c1-12-11-10(13-14-17-11)8-16(3)9-4-6-15(2)7-5-9/h9,12H,4-8H2,1-3H3. The normalized spacial score (nSPS) is 18.8. The molecule has 0 bridgehead atoms. The van der Waals surface area contributed by atoms with Gasteiger partial charge in [0.15, 0.2) is 0 Å². The molecule has 0 spiro atoms. The van der Waals surface area contributed by atoms with E-state index in [1.807, 2.05) is 7.05 Å². The Bertz CT molecular complexity index is 345. The lowest BCUT2D eigenvalue weighted by molar-refractivity contribution is 0.138. The van der Waals surface area contributed by atoms with Crippen molar-refractivity contribution in [3.05, 3.63) is 5.69 Å². The summed E-state index contributed by atoms with van der Waals surface area (Å²) in [5.41, 5.74) is 1.07. The molecule has 5 nitrogen and oxygen atoms in total. The molecule has 17 heavy (non-hydrogen) atoms. The minimum atomic E-state index is 0.678. The Morgan fingerprint density at radius 3 is 2.82 bits per heavy atom. The van der Waals surface area contributed by atoms with Gasteiger partial charge in [0.2, 0.25) is 0 Å². The van der Waals surface area contributed by atoms with Crippen molar-refractivity contribution >= 4 is 16.5 Å². The topological polar surface area (TPSA) is 44.3 Å². The second kappa shape index (κ2) is 5.75. The van der Waals surface area contributed by atoms with E-state index in [1.165, 1.54) is 37.5 Å². The number of likely N-dealkylation sites (tertiary alicyclic amines) is 1. The molecule has 0 radical (unpaired) electrons. The van der Waals surface area contributed by atoms with Gasteiger partial charge in [-0.1, -0.05) is 4.49 Å². The summed E-state index contributed by atoms with van der Waals surface area (Å²) in [4.78, 5) is 4.80. The zero-order valence-electron chi connectivity index (χ0n) is 10.8. The molecule has 96 valence electrons. The first-order valence-corrected chi connectivity index (χ1v) is 6.86. The van der Waals surface area contributed by atoms with Gasteiger partial charge in [-0.05, 0) is 40.0 Å². The number of hydrogen-bond donors (Lipinski definition) is 1. The highest BCUT2D eigenvalue weighted by molar-refractivity contribution is 7.10. The van der Waals surface area contributed by atoms with Crippen molar-refractivity contribution in [2.24, 2.45) is 0 Å². The first-order chi connectivity index (χ1) is 8.20. The summed E-state index contributed by atoms with van der Waals surface area (Å²) in [7, 11) is 6.31. The molecule has 1 aromatic rings. The monoisotopic (exact) mass is 255 g/mol. The molecule has 1 aliphatic rings. The number of aromatic nitrogens is 2. The number of hydrogen-bond acceptors (Lipinski definition) is 6. The van der Waals surface area contributed by atoms with Gasteiger partial charge in [0.1, 0.15) is 10.7 Å². The number of rotatable bonds is 4. The van der Waals surface area contributed by atoms with Crippen LogP contribution in [0.25, 0.3) is 0 Å². The highest BCUT2D eigenvalue weighted by Crippen LogP contribution is 2.21. The van der Waals surface area contributed by atoms with Crippen molar-refractivity contribution in [3.63, 3.8) is 0 Å². The van der Waals surface area contributed by atoms with Crippen LogP contribution in [0.2, 0.25) is 0 Å². The van der Waals surface area contributed by atoms with Crippen molar-refractivity contribution < 1.29 is 0 Å². The van der Waals surface area contributed by atoms with Crippen molar-refractivity contribution in [2.45, 2.75) is 25.4 Å². The molecule has 1 aliphatic heterocycles. The Morgan fingerprint density at radius 2 is 2.18 bits per heavy atom. The largest absolute Gasteiger partial charge is 0.377 e. The molecule has 0 atom stereocenters. The predicted octanol–water partition coefficient (Wildman–Crippen LogP) is 1.11. The smallest absolute Gasteiger partial charge is 0.134 e. The van der Waals surface area contributed by atoms with E-state index in [0.717, 1.165) is 17.2 Å². The molecular weight excluding hydrogens is 234 g/mol. The van der Waals surface area contributed by atoms with E-state index < -0.39 is 0 Å². The molecule has 1 fully saturated rings. The van der Waals surface area contributed by atoms with Gasteiger partial charge in [0.25, 0.3) is 0 Å². The molecule has 6 heteroatoms. The highest BCUT2D eigenvalue weighted by Gasteiger charge is 2.21. The average Bonchev–Trinajstić information content (AvgIpc) is 2.77. The van der Waals surface area contributed by atoms with Crippen LogP contribution in [-0.4, -0.2) is 59.7 Å². The fourth-order valence-electron chi connectivity index (χ4n) is 2.30. The third-order valence-electron chi connectivity index (χ3n) is 3.49. The molecule has 2 heterocycles. The maximum Gasteiger partial charge on any atom is 0.134 e. The average molecular weight is 255 g/mol. The Morgan fingerprint density at radius 1 is 1.47 bits per heavy atom. The maximum atomic E-state index is 4.19. The molecule has 0 aromatic carbocycles. The van der Waals surface area contributed by atoms with Gasteiger partial charge in [0, 0.05) is 31.2 Å². The maximum absolute atomic E-state index is 4.19. The summed E-state index contributed by atoms with van der Waals surface area (Å²) in [6.07, 6.45) is 2.50. The minimum Gasteiger partial charge on any atom is -0.377 e. The first-order valence-electron chi connectivity index (χ1n) is 6.08. The van der Waals surface area contributed by atoms with E-state index >= 15 is 0 Å². The number of anilines is 1. The van der Waals surface area contributed by atoms with Gasteiger partial charge in [0.05, 0.1) is 0 Å². The van der Waals surface area contributed by atoms with Crippen molar-refractivity contribution in [3.8, 4) is 0 Å². The van der Waals surface area contributed by atoms with E-state index in [2.05, 4.69) is 38.8 Å². The van der Waals surface area contributed by atoms with Crippen LogP contribution in [-0.2, 0) is 6.54 Å². The molecular formula is C11H21N5S. The van der Waals surface area contributed by atoms with Crippen LogP contribution < -0.4 is 5.32 Å². The molecule has 2 rings (SSSR count). The van der Waals surface area contributed by atoms with E-state index in [-0.39, 0.29) is 0 Å².